The van der Waals surface area contributed by atoms with Gasteiger partial charge in [-0.2, -0.15) is 0 Å². The van der Waals surface area contributed by atoms with Crippen LogP contribution in [0.3, 0.4) is 0 Å². The van der Waals surface area contributed by atoms with Crippen LogP contribution in [0.4, 0.5) is 0 Å². The van der Waals surface area contributed by atoms with Crippen LogP contribution in [0, 0.1) is 5.92 Å². The van der Waals surface area contributed by atoms with E-state index in [4.69, 9.17) is 0 Å². The summed E-state index contributed by atoms with van der Waals surface area (Å²) in [6.45, 7) is 11.6. The van der Waals surface area contributed by atoms with Crippen LogP contribution in [0.15, 0.2) is 29.0 Å². The Kier molecular flexibility index (Phi) is 5.94. The monoisotopic (exact) mass is 169 g/mol. The summed E-state index contributed by atoms with van der Waals surface area (Å²) in [7, 11) is 0. The summed E-state index contributed by atoms with van der Waals surface area (Å²) in [5.41, 5.74) is 1.05. The lowest BCUT2D eigenvalue weighted by Crippen LogP contribution is -2.05. The summed E-state index contributed by atoms with van der Waals surface area (Å²) in [5.74, 6) is 0.500. The van der Waals surface area contributed by atoms with Crippen molar-refractivity contribution in [2.75, 3.05) is 0 Å². The second-order valence-corrected chi connectivity index (χ2v) is 3.03. The van der Waals surface area contributed by atoms with E-state index < -0.39 is 0 Å². The second-order valence-electron chi connectivity index (χ2n) is 2.30. The molecule has 0 aromatic carbocycles. The van der Waals surface area contributed by atoms with E-state index in [-0.39, 0.29) is 0 Å². The molecule has 0 fully saturated rings. The van der Waals surface area contributed by atoms with Crippen molar-refractivity contribution in [3.8, 4) is 0 Å². The van der Waals surface area contributed by atoms with Gasteiger partial charge in [0.2, 0.25) is 0 Å². The van der Waals surface area contributed by atoms with Crippen molar-refractivity contribution in [2.45, 2.75) is 20.3 Å². The highest BCUT2D eigenvalue weighted by Crippen LogP contribution is 2.11. The van der Waals surface area contributed by atoms with Gasteiger partial charge in [0, 0.05) is 11.9 Å². The smallest absolute Gasteiger partial charge is 0.0512 e. The Balaban J connectivity index is 4.12. The van der Waals surface area contributed by atoms with Crippen LogP contribution in [0.5, 0.6) is 0 Å². The normalized spacial score (nSPS) is 14.2. The molecule has 1 unspecified atom stereocenters. The average Bonchev–Trinajstić information content (AvgIpc) is 2.05. The minimum Gasteiger partial charge on any atom is -0.216 e. The molecule has 0 radical (unpaired) electrons. The van der Waals surface area contributed by atoms with E-state index in [0.29, 0.717) is 5.92 Å². The summed E-state index contributed by atoms with van der Waals surface area (Å²) in [6, 6.07) is 0. The fourth-order valence-corrected chi connectivity index (χ4v) is 1.09. The van der Waals surface area contributed by atoms with Gasteiger partial charge >= 0.3 is 0 Å². The standard InChI is InChI=1S/C9H15NS/c1-5-8(4)9(6-2)10-11-7-3/h6-8H,2-3,5H2,1,4H3/b10-9+. The molecule has 0 aromatic rings. The zero-order chi connectivity index (χ0) is 8.69. The average molecular weight is 169 g/mol. The molecule has 0 heterocycles. The van der Waals surface area contributed by atoms with E-state index in [1.807, 2.05) is 6.08 Å². The summed E-state index contributed by atoms with van der Waals surface area (Å²) < 4.78 is 4.23. The first kappa shape index (κ1) is 10.5. The van der Waals surface area contributed by atoms with Crippen molar-refractivity contribution in [3.63, 3.8) is 0 Å². The summed E-state index contributed by atoms with van der Waals surface area (Å²) in [4.78, 5) is 0. The van der Waals surface area contributed by atoms with Gasteiger partial charge in [-0.1, -0.05) is 27.0 Å². The molecule has 0 aliphatic carbocycles. The zero-order valence-electron chi connectivity index (χ0n) is 7.21. The van der Waals surface area contributed by atoms with Gasteiger partial charge in [-0.3, -0.25) is 0 Å². The third-order valence-electron chi connectivity index (χ3n) is 1.56. The highest BCUT2D eigenvalue weighted by atomic mass is 32.2. The summed E-state index contributed by atoms with van der Waals surface area (Å²) in [5, 5.41) is 1.71. The van der Waals surface area contributed by atoms with Crippen molar-refractivity contribution in [1.29, 1.82) is 0 Å². The third kappa shape index (κ3) is 4.04. The summed E-state index contributed by atoms with van der Waals surface area (Å²) in [6.07, 6.45) is 2.91. The lowest BCUT2D eigenvalue weighted by molar-refractivity contribution is 0.744. The predicted molar refractivity (Wildman–Crippen MR) is 54.9 cm³/mol. The van der Waals surface area contributed by atoms with Crippen LogP contribution in [0.2, 0.25) is 0 Å². The molecule has 0 aliphatic heterocycles. The van der Waals surface area contributed by atoms with Crippen molar-refractivity contribution >= 4 is 17.7 Å². The Labute approximate surface area is 73.4 Å². The van der Waals surface area contributed by atoms with Gasteiger partial charge in [-0.25, -0.2) is 4.40 Å². The van der Waals surface area contributed by atoms with Gasteiger partial charge in [0.25, 0.3) is 0 Å². The molecule has 0 aliphatic rings. The molecule has 1 nitrogen and oxygen atoms in total. The molecular formula is C9H15NS. The van der Waals surface area contributed by atoms with E-state index in [1.165, 1.54) is 11.9 Å². The fraction of sp³-hybridized carbons (Fsp3) is 0.444. The van der Waals surface area contributed by atoms with Gasteiger partial charge < -0.3 is 0 Å². The first-order valence-corrected chi connectivity index (χ1v) is 4.56. The van der Waals surface area contributed by atoms with E-state index in [2.05, 4.69) is 31.4 Å². The van der Waals surface area contributed by atoms with E-state index in [1.54, 1.807) is 5.41 Å². The maximum atomic E-state index is 4.23. The van der Waals surface area contributed by atoms with Gasteiger partial charge in [0.15, 0.2) is 0 Å². The van der Waals surface area contributed by atoms with Crippen LogP contribution in [0.25, 0.3) is 0 Å². The molecule has 2 heteroatoms. The van der Waals surface area contributed by atoms with E-state index in [9.17, 15) is 0 Å². The number of nitrogens with zero attached hydrogens (tertiary/aromatic N) is 1. The van der Waals surface area contributed by atoms with Gasteiger partial charge in [-0.05, 0) is 23.8 Å². The van der Waals surface area contributed by atoms with Crippen molar-refractivity contribution in [2.24, 2.45) is 10.3 Å². The van der Waals surface area contributed by atoms with E-state index in [0.717, 1.165) is 12.1 Å². The van der Waals surface area contributed by atoms with Crippen LogP contribution in [-0.2, 0) is 0 Å². The molecular weight excluding hydrogens is 154 g/mol. The SMILES string of the molecule is C=CS/N=C(\C=C)C(C)CC. The first-order valence-electron chi connectivity index (χ1n) is 3.73. The van der Waals surface area contributed by atoms with Crippen LogP contribution in [-0.4, -0.2) is 5.71 Å². The zero-order valence-corrected chi connectivity index (χ0v) is 8.03. The van der Waals surface area contributed by atoms with Crippen molar-refractivity contribution in [1.82, 2.24) is 0 Å². The van der Waals surface area contributed by atoms with E-state index >= 15 is 0 Å². The largest absolute Gasteiger partial charge is 0.216 e. The van der Waals surface area contributed by atoms with Gasteiger partial charge in [0.05, 0.1) is 5.71 Å². The third-order valence-corrected chi connectivity index (χ3v) is 2.02. The highest BCUT2D eigenvalue weighted by molar-refractivity contribution is 8.01. The molecule has 0 saturated carbocycles. The molecule has 0 spiro atoms. The number of allylic oxidation sites excluding steroid dienone is 1. The fourth-order valence-electron chi connectivity index (χ4n) is 0.636. The second kappa shape index (κ2) is 6.23. The Morgan fingerprint density at radius 2 is 2.27 bits per heavy atom. The van der Waals surface area contributed by atoms with Gasteiger partial charge in [0.1, 0.15) is 0 Å². The van der Waals surface area contributed by atoms with Crippen LogP contribution in [0.1, 0.15) is 20.3 Å². The quantitative estimate of drug-likeness (QED) is 0.453. The topological polar surface area (TPSA) is 12.4 Å². The Morgan fingerprint density at radius 3 is 2.64 bits per heavy atom. The molecule has 0 saturated heterocycles. The van der Waals surface area contributed by atoms with Crippen molar-refractivity contribution in [3.05, 3.63) is 24.6 Å². The van der Waals surface area contributed by atoms with Gasteiger partial charge in [-0.15, -0.1) is 0 Å². The minimum absolute atomic E-state index is 0.500. The molecule has 0 rings (SSSR count). The number of hydrogen-bond acceptors (Lipinski definition) is 2. The van der Waals surface area contributed by atoms with Crippen LogP contribution >= 0.6 is 11.9 Å². The maximum absolute atomic E-state index is 4.23. The molecule has 0 amide bonds. The Bertz CT molecular complexity index is 161. The first-order chi connectivity index (χ1) is 5.26. The lowest BCUT2D eigenvalue weighted by Gasteiger charge is -2.06. The molecule has 11 heavy (non-hydrogen) atoms. The maximum Gasteiger partial charge on any atom is 0.0512 e. The van der Waals surface area contributed by atoms with Crippen LogP contribution < -0.4 is 0 Å². The van der Waals surface area contributed by atoms with Crippen molar-refractivity contribution < 1.29 is 0 Å². The number of hydrogen-bond donors (Lipinski definition) is 0. The summed E-state index contributed by atoms with van der Waals surface area (Å²) >= 11 is 1.37. The molecule has 0 bridgehead atoms. The molecule has 62 valence electrons. The lowest BCUT2D eigenvalue weighted by atomic mass is 10.0. The molecule has 1 atom stereocenters. The Morgan fingerprint density at radius 1 is 1.64 bits per heavy atom. The highest BCUT2D eigenvalue weighted by Gasteiger charge is 2.02. The minimum atomic E-state index is 0.500. The predicted octanol–water partition coefficient (Wildman–Crippen LogP) is 3.45. The molecule has 0 aromatic heterocycles. The number of rotatable bonds is 5. The Hall–Kier alpha value is -0.500. The molecule has 0 N–H and O–H groups in total.